The third kappa shape index (κ3) is 7.16. The predicted molar refractivity (Wildman–Crippen MR) is 206 cm³/mol. The van der Waals surface area contributed by atoms with Crippen molar-refractivity contribution < 1.29 is 0 Å². The maximum absolute atomic E-state index is 3.49. The summed E-state index contributed by atoms with van der Waals surface area (Å²) in [5.41, 5.74) is 16.1. The molecule has 7 aromatic carbocycles. The number of nitrogens with zero attached hydrogens (tertiary/aromatic N) is 1. The van der Waals surface area contributed by atoms with Gasteiger partial charge in [0.2, 0.25) is 0 Å². The van der Waals surface area contributed by atoms with Gasteiger partial charge in [-0.15, -0.1) is 0 Å². The fraction of sp³-hybridized carbons (Fsp3) is 0.0667. The van der Waals surface area contributed by atoms with E-state index in [1.165, 1.54) is 38.9 Å². The molecule has 7 rings (SSSR count). The van der Waals surface area contributed by atoms with Gasteiger partial charge >= 0.3 is 0 Å². The van der Waals surface area contributed by atoms with Gasteiger partial charge in [0.15, 0.2) is 0 Å². The van der Waals surface area contributed by atoms with Crippen LogP contribution in [0, 0.1) is 20.8 Å². The van der Waals surface area contributed by atoms with E-state index in [0.29, 0.717) is 0 Å². The van der Waals surface area contributed by atoms with E-state index in [2.05, 4.69) is 206 Å². The van der Waals surface area contributed by atoms with Crippen molar-refractivity contribution in [2.24, 2.45) is 0 Å². The first-order valence-corrected chi connectivity index (χ1v) is 16.4. The summed E-state index contributed by atoms with van der Waals surface area (Å²) in [5.74, 6) is 0. The van der Waals surface area contributed by atoms with E-state index in [4.69, 9.17) is 0 Å². The summed E-state index contributed by atoms with van der Waals surface area (Å²) in [5, 5.41) is 6.98. The van der Waals surface area contributed by atoms with E-state index in [0.717, 1.165) is 39.8 Å². The second-order valence-corrected chi connectivity index (χ2v) is 12.4. The van der Waals surface area contributed by atoms with Crippen LogP contribution in [0.25, 0.3) is 22.3 Å². The van der Waals surface area contributed by atoms with Gasteiger partial charge in [-0.25, -0.2) is 0 Å². The van der Waals surface area contributed by atoms with Crippen LogP contribution in [-0.2, 0) is 0 Å². The molecule has 0 aliphatic rings. The summed E-state index contributed by atoms with van der Waals surface area (Å²) in [4.78, 5) is 2.32. The zero-order chi connectivity index (χ0) is 32.9. The Morgan fingerprint density at radius 2 is 0.479 bits per heavy atom. The highest BCUT2D eigenvalue weighted by Crippen LogP contribution is 2.37. The Balaban J connectivity index is 1.10. The first kappa shape index (κ1) is 30.6. The van der Waals surface area contributed by atoms with Crippen LogP contribution in [0.1, 0.15) is 16.7 Å². The third-order valence-electron chi connectivity index (χ3n) is 8.66. The summed E-state index contributed by atoms with van der Waals surface area (Å²) in [6.07, 6.45) is 0. The zero-order valence-corrected chi connectivity index (χ0v) is 27.6. The molecule has 234 valence electrons. The number of aryl methyl sites for hydroxylation is 3. The minimum absolute atomic E-state index is 1.07. The average Bonchev–Trinajstić information content (AvgIpc) is 3.13. The van der Waals surface area contributed by atoms with Crippen LogP contribution >= 0.6 is 0 Å². The summed E-state index contributed by atoms with van der Waals surface area (Å²) in [6.45, 7) is 6.33. The normalized spacial score (nSPS) is 10.8. The molecular formula is C45H39N3. The molecule has 0 aliphatic carbocycles. The van der Waals surface area contributed by atoms with Crippen LogP contribution in [0.2, 0.25) is 0 Å². The van der Waals surface area contributed by atoms with Crippen LogP contribution in [0.4, 0.5) is 39.8 Å². The Morgan fingerprint density at radius 1 is 0.271 bits per heavy atom. The van der Waals surface area contributed by atoms with Gasteiger partial charge in [0.05, 0.1) is 0 Å². The first-order chi connectivity index (χ1) is 23.5. The minimum Gasteiger partial charge on any atom is -0.356 e. The summed E-state index contributed by atoms with van der Waals surface area (Å²) in [6, 6.07) is 60.6. The molecule has 3 nitrogen and oxygen atoms in total. The molecular weight excluding hydrogens is 583 g/mol. The summed E-state index contributed by atoms with van der Waals surface area (Å²) >= 11 is 0. The molecule has 0 saturated carbocycles. The molecule has 7 aromatic rings. The third-order valence-corrected chi connectivity index (χ3v) is 8.66. The van der Waals surface area contributed by atoms with Gasteiger partial charge in [-0.3, -0.25) is 0 Å². The van der Waals surface area contributed by atoms with Crippen LogP contribution in [0.3, 0.4) is 0 Å². The standard InChI is InChI=1S/C45H39N3/c1-32-4-18-39(19-5-32)46-41-22-10-35(11-23-41)37-14-28-44(29-15-37)48(43-26-8-34(3)9-27-43)45-30-16-38(17-31-45)36-12-24-42(25-13-36)47-40-20-6-33(2)7-21-40/h4-31,46-47H,1-3H3. The highest BCUT2D eigenvalue weighted by Gasteiger charge is 2.13. The van der Waals surface area contributed by atoms with Crippen molar-refractivity contribution in [3.63, 3.8) is 0 Å². The molecule has 3 heteroatoms. The molecule has 0 aliphatic heterocycles. The number of nitrogens with one attached hydrogen (secondary N) is 2. The molecule has 0 atom stereocenters. The van der Waals surface area contributed by atoms with E-state index in [-0.39, 0.29) is 0 Å². The van der Waals surface area contributed by atoms with Crippen molar-refractivity contribution in [2.75, 3.05) is 15.5 Å². The number of hydrogen-bond donors (Lipinski definition) is 2. The lowest BCUT2D eigenvalue weighted by Gasteiger charge is -2.26. The van der Waals surface area contributed by atoms with Crippen molar-refractivity contribution >= 4 is 39.8 Å². The summed E-state index contributed by atoms with van der Waals surface area (Å²) in [7, 11) is 0. The van der Waals surface area contributed by atoms with Gasteiger partial charge in [-0.05, 0) is 128 Å². The van der Waals surface area contributed by atoms with E-state index >= 15 is 0 Å². The lowest BCUT2D eigenvalue weighted by Crippen LogP contribution is -2.09. The number of hydrogen-bond acceptors (Lipinski definition) is 3. The number of rotatable bonds is 9. The quantitative estimate of drug-likeness (QED) is 0.168. The topological polar surface area (TPSA) is 27.3 Å². The molecule has 0 aromatic heterocycles. The molecule has 0 fully saturated rings. The molecule has 0 unspecified atom stereocenters. The zero-order valence-electron chi connectivity index (χ0n) is 27.6. The first-order valence-electron chi connectivity index (χ1n) is 16.4. The van der Waals surface area contributed by atoms with Crippen LogP contribution < -0.4 is 15.5 Å². The smallest absolute Gasteiger partial charge is 0.0462 e. The maximum Gasteiger partial charge on any atom is 0.0462 e. The van der Waals surface area contributed by atoms with Gasteiger partial charge in [0.25, 0.3) is 0 Å². The lowest BCUT2D eigenvalue weighted by molar-refractivity contribution is 1.27. The van der Waals surface area contributed by atoms with Gasteiger partial charge in [0.1, 0.15) is 0 Å². The fourth-order valence-corrected chi connectivity index (χ4v) is 5.85. The van der Waals surface area contributed by atoms with Crippen molar-refractivity contribution in [2.45, 2.75) is 20.8 Å². The van der Waals surface area contributed by atoms with Crippen molar-refractivity contribution in [1.29, 1.82) is 0 Å². The monoisotopic (exact) mass is 621 g/mol. The Bertz CT molecular complexity index is 1940. The van der Waals surface area contributed by atoms with E-state index in [1.807, 2.05) is 0 Å². The van der Waals surface area contributed by atoms with Crippen LogP contribution in [0.15, 0.2) is 170 Å². The number of anilines is 7. The summed E-state index contributed by atoms with van der Waals surface area (Å²) < 4.78 is 0. The Kier molecular flexibility index (Phi) is 8.76. The van der Waals surface area contributed by atoms with E-state index < -0.39 is 0 Å². The Morgan fingerprint density at radius 3 is 0.771 bits per heavy atom. The second-order valence-electron chi connectivity index (χ2n) is 12.4. The Labute approximate surface area is 284 Å². The minimum atomic E-state index is 1.07. The van der Waals surface area contributed by atoms with Crippen molar-refractivity contribution in [3.05, 3.63) is 187 Å². The second kappa shape index (κ2) is 13.7. The SMILES string of the molecule is Cc1ccc(Nc2ccc(-c3ccc(N(c4ccc(C)cc4)c4ccc(-c5ccc(Nc6ccc(C)cc6)cc5)cc4)cc3)cc2)cc1. The van der Waals surface area contributed by atoms with Crippen LogP contribution in [-0.4, -0.2) is 0 Å². The maximum atomic E-state index is 3.49. The molecule has 0 spiro atoms. The molecule has 0 saturated heterocycles. The molecule has 0 bridgehead atoms. The van der Waals surface area contributed by atoms with E-state index in [9.17, 15) is 0 Å². The molecule has 0 amide bonds. The fourth-order valence-electron chi connectivity index (χ4n) is 5.85. The van der Waals surface area contributed by atoms with Crippen molar-refractivity contribution in [1.82, 2.24) is 0 Å². The molecule has 2 N–H and O–H groups in total. The highest BCUT2D eigenvalue weighted by atomic mass is 15.1. The van der Waals surface area contributed by atoms with Crippen LogP contribution in [0.5, 0.6) is 0 Å². The average molecular weight is 622 g/mol. The van der Waals surface area contributed by atoms with Gasteiger partial charge in [0, 0.05) is 39.8 Å². The van der Waals surface area contributed by atoms with Gasteiger partial charge in [-0.1, -0.05) is 102 Å². The predicted octanol–water partition coefficient (Wildman–Crippen LogP) is 12.9. The molecule has 48 heavy (non-hydrogen) atoms. The lowest BCUT2D eigenvalue weighted by atomic mass is 10.0. The number of benzene rings is 7. The molecule has 0 radical (unpaired) electrons. The van der Waals surface area contributed by atoms with Gasteiger partial charge in [-0.2, -0.15) is 0 Å². The van der Waals surface area contributed by atoms with Crippen molar-refractivity contribution in [3.8, 4) is 22.3 Å². The van der Waals surface area contributed by atoms with E-state index in [1.54, 1.807) is 0 Å². The largest absolute Gasteiger partial charge is 0.356 e. The van der Waals surface area contributed by atoms with Gasteiger partial charge < -0.3 is 15.5 Å². The highest BCUT2D eigenvalue weighted by molar-refractivity contribution is 5.80. The molecule has 0 heterocycles. The Hall–Kier alpha value is -6.06.